The number of fused-ring (bicyclic) bond motifs is 1. The minimum atomic E-state index is -0.777. The Bertz CT molecular complexity index is 1780. The number of carbonyl (C=O) groups excluding carboxylic acids is 1. The summed E-state index contributed by atoms with van der Waals surface area (Å²) in [5.74, 6) is 1.59. The molecule has 0 saturated carbocycles. The Morgan fingerprint density at radius 3 is 2.64 bits per heavy atom. The molecule has 39 heavy (non-hydrogen) atoms. The zero-order chi connectivity index (χ0) is 27.7. The van der Waals surface area contributed by atoms with Gasteiger partial charge in [0.1, 0.15) is 11.5 Å². The fourth-order valence-electron chi connectivity index (χ4n) is 4.49. The molecule has 1 atom stereocenters. The van der Waals surface area contributed by atoms with Crippen LogP contribution < -0.4 is 24.4 Å². The molecule has 4 aromatic rings. The molecule has 1 aliphatic heterocycles. The van der Waals surface area contributed by atoms with Crippen molar-refractivity contribution in [2.45, 2.75) is 19.9 Å². The number of aromatic nitrogens is 1. The molecular formula is C29H25ClN2O6S. The Balaban J connectivity index is 1.66. The summed E-state index contributed by atoms with van der Waals surface area (Å²) in [6, 6.07) is 15.5. The van der Waals surface area contributed by atoms with E-state index < -0.39 is 12.0 Å². The largest absolute Gasteiger partial charge is 0.493 e. The minimum Gasteiger partial charge on any atom is -0.493 e. The van der Waals surface area contributed by atoms with E-state index in [1.165, 1.54) is 23.0 Å². The standard InChI is InChI=1S/C29H25ClN2O6S/c1-5-37-28(34)25-16(2)31-29-32(26(25)18-9-11-22(35-3)23(14-18)36-4)27(33)24(39-29)15-20-10-12-21(38-20)17-7-6-8-19(30)13-17/h6-15,26H,5H2,1-4H3/b24-15+. The first-order chi connectivity index (χ1) is 18.8. The molecule has 0 amide bonds. The van der Waals surface area contributed by atoms with Gasteiger partial charge in [0.15, 0.2) is 16.3 Å². The van der Waals surface area contributed by atoms with Gasteiger partial charge in [0.25, 0.3) is 5.56 Å². The highest BCUT2D eigenvalue weighted by Crippen LogP contribution is 2.36. The van der Waals surface area contributed by atoms with Crippen molar-refractivity contribution in [2.24, 2.45) is 4.99 Å². The first-order valence-corrected chi connectivity index (χ1v) is 13.3. The van der Waals surface area contributed by atoms with Gasteiger partial charge in [-0.25, -0.2) is 9.79 Å². The van der Waals surface area contributed by atoms with Gasteiger partial charge in [-0.15, -0.1) is 0 Å². The van der Waals surface area contributed by atoms with E-state index in [1.807, 2.05) is 18.2 Å². The molecule has 0 saturated heterocycles. The van der Waals surface area contributed by atoms with Gasteiger partial charge in [0.05, 0.1) is 42.7 Å². The van der Waals surface area contributed by atoms with Crippen LogP contribution in [0.2, 0.25) is 5.02 Å². The zero-order valence-electron chi connectivity index (χ0n) is 21.7. The van der Waals surface area contributed by atoms with Crippen LogP contribution in [0.5, 0.6) is 11.5 Å². The third-order valence-corrected chi connectivity index (χ3v) is 7.47. The summed E-state index contributed by atoms with van der Waals surface area (Å²) in [7, 11) is 3.07. The molecule has 5 rings (SSSR count). The Hall–Kier alpha value is -4.08. The number of halogens is 1. The number of thiazole rings is 1. The second kappa shape index (κ2) is 11.0. The maximum absolute atomic E-state index is 13.8. The van der Waals surface area contributed by atoms with Gasteiger partial charge in [-0.1, -0.05) is 41.1 Å². The quantitative estimate of drug-likeness (QED) is 0.301. The van der Waals surface area contributed by atoms with E-state index in [4.69, 9.17) is 30.2 Å². The lowest BCUT2D eigenvalue weighted by Crippen LogP contribution is -2.39. The van der Waals surface area contributed by atoms with Crippen molar-refractivity contribution in [1.82, 2.24) is 4.57 Å². The molecule has 0 N–H and O–H groups in total. The molecule has 1 unspecified atom stereocenters. The molecule has 10 heteroatoms. The molecule has 0 fully saturated rings. The van der Waals surface area contributed by atoms with Crippen molar-refractivity contribution >= 4 is 35.0 Å². The smallest absolute Gasteiger partial charge is 0.338 e. The van der Waals surface area contributed by atoms with Crippen LogP contribution in [0.15, 0.2) is 80.1 Å². The lowest BCUT2D eigenvalue weighted by atomic mass is 9.95. The zero-order valence-corrected chi connectivity index (χ0v) is 23.3. The first-order valence-electron chi connectivity index (χ1n) is 12.1. The molecule has 2 aromatic heterocycles. The SMILES string of the molecule is CCOC(=O)C1=C(C)N=c2s/c(=C/c3ccc(-c4cccc(Cl)c4)o3)c(=O)n2C1c1ccc(OC)c(OC)c1. The van der Waals surface area contributed by atoms with Gasteiger partial charge in [0, 0.05) is 16.7 Å². The van der Waals surface area contributed by atoms with Gasteiger partial charge in [-0.05, 0) is 55.8 Å². The van der Waals surface area contributed by atoms with Crippen LogP contribution in [-0.2, 0) is 9.53 Å². The number of furan rings is 1. The molecular weight excluding hydrogens is 540 g/mol. The normalized spacial score (nSPS) is 15.1. The van der Waals surface area contributed by atoms with Crippen LogP contribution in [0, 0.1) is 0 Å². The third kappa shape index (κ3) is 5.03. The van der Waals surface area contributed by atoms with Crippen molar-refractivity contribution in [3.63, 3.8) is 0 Å². The van der Waals surface area contributed by atoms with E-state index in [0.717, 1.165) is 5.56 Å². The van der Waals surface area contributed by atoms with Gasteiger partial charge < -0.3 is 18.6 Å². The highest BCUT2D eigenvalue weighted by Gasteiger charge is 2.34. The molecule has 0 spiro atoms. The maximum atomic E-state index is 13.8. The van der Waals surface area contributed by atoms with Gasteiger partial charge in [-0.2, -0.15) is 0 Å². The average Bonchev–Trinajstić information content (AvgIpc) is 3.52. The Morgan fingerprint density at radius 2 is 1.92 bits per heavy atom. The minimum absolute atomic E-state index is 0.187. The van der Waals surface area contributed by atoms with E-state index in [-0.39, 0.29) is 17.7 Å². The van der Waals surface area contributed by atoms with Crippen LogP contribution in [0.1, 0.15) is 31.2 Å². The van der Waals surface area contributed by atoms with E-state index in [1.54, 1.807) is 63.4 Å². The summed E-state index contributed by atoms with van der Waals surface area (Å²) in [6.45, 7) is 3.66. The number of hydrogen-bond acceptors (Lipinski definition) is 8. The van der Waals surface area contributed by atoms with Crippen molar-refractivity contribution in [3.8, 4) is 22.8 Å². The molecule has 3 heterocycles. The predicted octanol–water partition coefficient (Wildman–Crippen LogP) is 4.73. The van der Waals surface area contributed by atoms with Crippen molar-refractivity contribution in [2.75, 3.05) is 20.8 Å². The molecule has 0 bridgehead atoms. The number of rotatable bonds is 7. The summed E-state index contributed by atoms with van der Waals surface area (Å²) in [5.41, 5.74) is 1.92. The summed E-state index contributed by atoms with van der Waals surface area (Å²) in [6.07, 6.45) is 1.67. The number of nitrogens with zero attached hydrogens (tertiary/aromatic N) is 2. The highest BCUT2D eigenvalue weighted by atomic mass is 35.5. The van der Waals surface area contributed by atoms with Gasteiger partial charge in [0.2, 0.25) is 0 Å². The number of benzene rings is 2. The summed E-state index contributed by atoms with van der Waals surface area (Å²) < 4.78 is 24.1. The van der Waals surface area contributed by atoms with Crippen LogP contribution >= 0.6 is 22.9 Å². The summed E-state index contributed by atoms with van der Waals surface area (Å²) in [5, 5.41) is 0.599. The number of ether oxygens (including phenoxy) is 3. The number of allylic oxidation sites excluding steroid dienone is 1. The molecule has 200 valence electrons. The molecule has 1 aliphatic rings. The van der Waals surface area contributed by atoms with Crippen LogP contribution in [0.4, 0.5) is 0 Å². The highest BCUT2D eigenvalue weighted by molar-refractivity contribution is 7.07. The number of methoxy groups -OCH3 is 2. The average molecular weight is 565 g/mol. The Morgan fingerprint density at radius 1 is 1.13 bits per heavy atom. The van der Waals surface area contributed by atoms with E-state index in [0.29, 0.717) is 48.6 Å². The number of carbonyl (C=O) groups is 1. The van der Waals surface area contributed by atoms with Crippen molar-refractivity contribution < 1.29 is 23.4 Å². The van der Waals surface area contributed by atoms with E-state index >= 15 is 0 Å². The lowest BCUT2D eigenvalue weighted by Gasteiger charge is -2.25. The van der Waals surface area contributed by atoms with Gasteiger partial charge in [-0.3, -0.25) is 9.36 Å². The Kier molecular flexibility index (Phi) is 7.45. The summed E-state index contributed by atoms with van der Waals surface area (Å²) >= 11 is 7.34. The lowest BCUT2D eigenvalue weighted by molar-refractivity contribution is -0.139. The van der Waals surface area contributed by atoms with Crippen molar-refractivity contribution in [1.29, 1.82) is 0 Å². The number of esters is 1. The second-order valence-electron chi connectivity index (χ2n) is 8.63. The summed E-state index contributed by atoms with van der Waals surface area (Å²) in [4.78, 5) is 32.0. The third-order valence-electron chi connectivity index (χ3n) is 6.25. The van der Waals surface area contributed by atoms with Crippen LogP contribution in [0.3, 0.4) is 0 Å². The molecule has 2 aromatic carbocycles. The Labute approximate surface area is 233 Å². The molecule has 0 radical (unpaired) electrons. The second-order valence-corrected chi connectivity index (χ2v) is 10.1. The molecule has 0 aliphatic carbocycles. The fourth-order valence-corrected chi connectivity index (χ4v) is 5.70. The van der Waals surface area contributed by atoms with E-state index in [2.05, 4.69) is 4.99 Å². The predicted molar refractivity (Wildman–Crippen MR) is 149 cm³/mol. The van der Waals surface area contributed by atoms with Crippen molar-refractivity contribution in [3.05, 3.63) is 102 Å². The van der Waals surface area contributed by atoms with Crippen LogP contribution in [0.25, 0.3) is 17.4 Å². The maximum Gasteiger partial charge on any atom is 0.338 e. The number of hydrogen-bond donors (Lipinski definition) is 0. The molecule has 8 nitrogen and oxygen atoms in total. The topological polar surface area (TPSA) is 92.3 Å². The van der Waals surface area contributed by atoms with E-state index in [9.17, 15) is 9.59 Å². The monoisotopic (exact) mass is 564 g/mol. The van der Waals surface area contributed by atoms with Crippen LogP contribution in [-0.4, -0.2) is 31.4 Å². The fraction of sp³-hybridized carbons (Fsp3) is 0.207. The first kappa shape index (κ1) is 26.5. The van der Waals surface area contributed by atoms with Gasteiger partial charge >= 0.3 is 5.97 Å².